The molecule has 2 fully saturated rings. The number of ether oxygens (including phenoxy) is 1. The molecule has 4 heterocycles. The summed E-state index contributed by atoms with van der Waals surface area (Å²) in [6.07, 6.45) is 1.75. The van der Waals surface area contributed by atoms with Crippen LogP contribution in [0.4, 0.5) is 0 Å². The number of carbonyl (C=O) groups excluding carboxylic acids is 3. The molecule has 3 aliphatic heterocycles. The number of aromatic nitrogens is 4. The molecule has 0 bridgehead atoms. The maximum absolute atomic E-state index is 12.9. The molecule has 1 aromatic heterocycles. The van der Waals surface area contributed by atoms with E-state index >= 15 is 0 Å². The molecule has 4 rings (SSSR count). The second-order valence-electron chi connectivity index (χ2n) is 6.87. The number of aryl methyl sites for hydroxylation is 1. The van der Waals surface area contributed by atoms with Gasteiger partial charge in [0.2, 0.25) is 11.1 Å². The van der Waals surface area contributed by atoms with Gasteiger partial charge in [-0.15, -0.1) is 16.9 Å². The number of fused-ring (bicyclic) bond motifs is 1. The van der Waals surface area contributed by atoms with E-state index in [4.69, 9.17) is 15.6 Å². The molecule has 0 saturated carbocycles. The van der Waals surface area contributed by atoms with Gasteiger partial charge >= 0.3 is 5.97 Å². The number of aliphatic carboxylic acids is 1. The Labute approximate surface area is 203 Å². The molecule has 2 unspecified atom stereocenters. The lowest BCUT2D eigenvalue weighted by atomic mass is 10.0. The average molecular weight is 532 g/mol. The van der Waals surface area contributed by atoms with E-state index in [9.17, 15) is 19.2 Å². The first-order valence-corrected chi connectivity index (χ1v) is 12.9. The van der Waals surface area contributed by atoms with Gasteiger partial charge in [0, 0.05) is 31.9 Å². The standard InChI is InChI=1S/C16H17N7O6S4/c1-22-15(19-20-21-22)31-5-6-3-23-13(28)16(29-2,14(23)30-4-6)18-9(25)12-32-11(33-12)7(8(17)24)10(26)27/h3,12,14H,4-5H2,1-2H3,(H2,17,24)(H,18,25)(H,26,27). The number of thioether (sulfide) groups is 4. The smallest absolute Gasteiger partial charge is 0.343 e. The van der Waals surface area contributed by atoms with Crippen LogP contribution in [-0.2, 0) is 31.0 Å². The third kappa shape index (κ3) is 4.23. The number of amides is 3. The second kappa shape index (κ2) is 9.21. The Morgan fingerprint density at radius 2 is 2.15 bits per heavy atom. The van der Waals surface area contributed by atoms with Crippen molar-refractivity contribution in [2.75, 3.05) is 18.6 Å². The van der Waals surface area contributed by atoms with Gasteiger partial charge in [0.05, 0.1) is 4.24 Å². The minimum absolute atomic E-state index is 0.151. The average Bonchev–Trinajstić information content (AvgIpc) is 3.16. The van der Waals surface area contributed by atoms with Gasteiger partial charge in [0.1, 0.15) is 15.5 Å². The maximum atomic E-state index is 12.9. The van der Waals surface area contributed by atoms with Crippen molar-refractivity contribution in [2.24, 2.45) is 12.8 Å². The molecular formula is C16H17N7O6S4. The fourth-order valence-corrected chi connectivity index (χ4v) is 7.69. The van der Waals surface area contributed by atoms with Crippen molar-refractivity contribution in [3.63, 3.8) is 0 Å². The van der Waals surface area contributed by atoms with Crippen molar-refractivity contribution in [1.29, 1.82) is 0 Å². The van der Waals surface area contributed by atoms with E-state index in [1.54, 1.807) is 17.9 Å². The number of primary amides is 1. The van der Waals surface area contributed by atoms with Gasteiger partial charge in [-0.3, -0.25) is 19.3 Å². The van der Waals surface area contributed by atoms with Crippen molar-refractivity contribution >= 4 is 70.7 Å². The SMILES string of the molecule is COC1(NC(=O)C2SC(=C(C(N)=O)C(=O)O)S2)C(=O)N2C=C(CSc3nnnn3C)CSC21. The normalized spacial score (nSPS) is 26.0. The first-order chi connectivity index (χ1) is 15.7. The topological polar surface area (TPSA) is 183 Å². The number of hydrogen-bond donors (Lipinski definition) is 3. The molecule has 3 amide bonds. The van der Waals surface area contributed by atoms with Crippen LogP contribution in [0.2, 0.25) is 0 Å². The van der Waals surface area contributed by atoms with Crippen LogP contribution in [-0.4, -0.2) is 88.2 Å². The number of carboxylic acid groups (broad SMARTS) is 1. The largest absolute Gasteiger partial charge is 0.477 e. The minimum atomic E-state index is -1.52. The third-order valence-corrected chi connectivity index (χ3v) is 10.2. The number of carbonyl (C=O) groups is 4. The summed E-state index contributed by atoms with van der Waals surface area (Å²) in [7, 11) is 3.08. The van der Waals surface area contributed by atoms with Crippen LogP contribution < -0.4 is 11.1 Å². The van der Waals surface area contributed by atoms with E-state index in [0.29, 0.717) is 16.7 Å². The van der Waals surface area contributed by atoms with Gasteiger partial charge < -0.3 is 20.9 Å². The van der Waals surface area contributed by atoms with E-state index in [2.05, 4.69) is 20.8 Å². The highest BCUT2D eigenvalue weighted by atomic mass is 32.3. The van der Waals surface area contributed by atoms with Crippen LogP contribution in [0.25, 0.3) is 0 Å². The highest BCUT2D eigenvalue weighted by Crippen LogP contribution is 2.53. The number of nitrogens with one attached hydrogen (secondary N) is 1. The number of nitrogens with zero attached hydrogens (tertiary/aromatic N) is 5. The summed E-state index contributed by atoms with van der Waals surface area (Å²) >= 11 is 4.70. The highest BCUT2D eigenvalue weighted by Gasteiger charge is 2.64. The Balaban J connectivity index is 1.39. The summed E-state index contributed by atoms with van der Waals surface area (Å²) in [4.78, 5) is 49.6. The lowest BCUT2D eigenvalue weighted by Crippen LogP contribution is -2.79. The highest BCUT2D eigenvalue weighted by molar-refractivity contribution is 8.39. The second-order valence-corrected chi connectivity index (χ2v) is 11.7. The molecule has 2 atom stereocenters. The zero-order valence-corrected chi connectivity index (χ0v) is 20.3. The van der Waals surface area contributed by atoms with Gasteiger partial charge in [0.25, 0.3) is 17.5 Å². The van der Waals surface area contributed by atoms with Crippen molar-refractivity contribution in [3.8, 4) is 0 Å². The minimum Gasteiger partial charge on any atom is -0.477 e. The Kier molecular flexibility index (Phi) is 6.68. The molecule has 1 aromatic rings. The Morgan fingerprint density at radius 1 is 1.42 bits per heavy atom. The van der Waals surface area contributed by atoms with E-state index in [-0.39, 0.29) is 4.24 Å². The van der Waals surface area contributed by atoms with E-state index in [1.165, 1.54) is 35.5 Å². The molecule has 0 spiro atoms. The van der Waals surface area contributed by atoms with Crippen LogP contribution in [0, 0.1) is 0 Å². The van der Waals surface area contributed by atoms with E-state index in [1.807, 2.05) is 0 Å². The summed E-state index contributed by atoms with van der Waals surface area (Å²) in [6, 6.07) is 0. The number of tetrazole rings is 1. The summed E-state index contributed by atoms with van der Waals surface area (Å²) in [5, 5.41) is 23.2. The van der Waals surface area contributed by atoms with E-state index in [0.717, 1.165) is 29.1 Å². The molecule has 4 N–H and O–H groups in total. The predicted molar refractivity (Wildman–Crippen MR) is 121 cm³/mol. The molecule has 0 aromatic carbocycles. The zero-order chi connectivity index (χ0) is 23.9. The number of nitrogens with two attached hydrogens (primary N) is 1. The lowest BCUT2D eigenvalue weighted by molar-refractivity contribution is -0.189. The summed E-state index contributed by atoms with van der Waals surface area (Å²) in [5.41, 5.74) is 4.01. The van der Waals surface area contributed by atoms with Gasteiger partial charge in [-0.05, 0) is 16.0 Å². The molecular weight excluding hydrogens is 514 g/mol. The van der Waals surface area contributed by atoms with Crippen LogP contribution in [0.15, 0.2) is 26.7 Å². The molecule has 17 heteroatoms. The predicted octanol–water partition coefficient (Wildman–Crippen LogP) is -0.852. The van der Waals surface area contributed by atoms with Crippen molar-refractivity contribution in [1.82, 2.24) is 30.4 Å². The first-order valence-electron chi connectivity index (χ1n) is 9.15. The Morgan fingerprint density at radius 3 is 2.73 bits per heavy atom. The number of methoxy groups -OCH3 is 1. The maximum Gasteiger partial charge on any atom is 0.343 e. The number of β-lactam (4-membered cyclic amide) rings is 1. The van der Waals surface area contributed by atoms with Crippen molar-refractivity contribution < 1.29 is 29.0 Å². The third-order valence-electron chi connectivity index (χ3n) is 4.81. The van der Waals surface area contributed by atoms with E-state index < -0.39 is 44.9 Å². The van der Waals surface area contributed by atoms with Crippen LogP contribution in [0.5, 0.6) is 0 Å². The fourth-order valence-electron chi connectivity index (χ4n) is 3.18. The Hall–Kier alpha value is -2.21. The quantitative estimate of drug-likeness (QED) is 0.0942. The van der Waals surface area contributed by atoms with Gasteiger partial charge in [-0.1, -0.05) is 35.3 Å². The van der Waals surface area contributed by atoms with Crippen LogP contribution >= 0.6 is 47.0 Å². The summed E-state index contributed by atoms with van der Waals surface area (Å²) in [6.45, 7) is 0. The van der Waals surface area contributed by atoms with Crippen LogP contribution in [0.3, 0.4) is 0 Å². The summed E-state index contributed by atoms with van der Waals surface area (Å²) < 4.78 is 6.43. The molecule has 3 aliphatic rings. The zero-order valence-electron chi connectivity index (χ0n) is 17.1. The number of carboxylic acids is 1. The van der Waals surface area contributed by atoms with Gasteiger partial charge in [-0.2, -0.15) is 0 Å². The lowest BCUT2D eigenvalue weighted by Gasteiger charge is -2.54. The molecule has 13 nitrogen and oxygen atoms in total. The Bertz CT molecular complexity index is 1080. The number of rotatable bonds is 8. The molecule has 0 aliphatic carbocycles. The number of hydrogen-bond acceptors (Lipinski definition) is 12. The molecule has 33 heavy (non-hydrogen) atoms. The van der Waals surface area contributed by atoms with Crippen LogP contribution in [0.1, 0.15) is 0 Å². The monoisotopic (exact) mass is 531 g/mol. The first kappa shape index (κ1) is 23.9. The van der Waals surface area contributed by atoms with Gasteiger partial charge in [0.15, 0.2) is 0 Å². The van der Waals surface area contributed by atoms with Gasteiger partial charge in [-0.25, -0.2) is 9.48 Å². The molecule has 0 radical (unpaired) electrons. The molecule has 2 saturated heterocycles. The fraction of sp³-hybridized carbons (Fsp3) is 0.438. The van der Waals surface area contributed by atoms with Crippen molar-refractivity contribution in [3.05, 3.63) is 21.6 Å². The molecule has 176 valence electrons. The van der Waals surface area contributed by atoms with Crippen molar-refractivity contribution in [2.45, 2.75) is 20.8 Å². The summed E-state index contributed by atoms with van der Waals surface area (Å²) in [5.74, 6) is -2.24.